The van der Waals surface area contributed by atoms with Crippen LogP contribution in [0.3, 0.4) is 0 Å². The Morgan fingerprint density at radius 3 is 0.600 bits per heavy atom. The van der Waals surface area contributed by atoms with Gasteiger partial charge < -0.3 is 61.6 Å². The van der Waals surface area contributed by atoms with E-state index in [0.29, 0.717) is 11.1 Å². The molecule has 25 heteroatoms. The minimum Gasteiger partial charge on any atom is -0.458 e. The summed E-state index contributed by atoms with van der Waals surface area (Å²) in [6, 6.07) is 17.4. The molecule has 0 spiro atoms. The molecule has 0 bridgehead atoms. The van der Waals surface area contributed by atoms with E-state index in [0.717, 1.165) is 69.2 Å². The number of rotatable bonds is 28. The molecule has 0 fully saturated rings. The Morgan fingerprint density at radius 2 is 0.413 bits per heavy atom. The molecule has 0 saturated heterocycles. The van der Waals surface area contributed by atoms with Crippen LogP contribution in [0, 0.1) is 0 Å². The normalized spacial score (nSPS) is 15.6. The van der Waals surface area contributed by atoms with E-state index in [1.807, 2.05) is 0 Å². The Kier molecular flexibility index (Phi) is 26.0. The largest absolute Gasteiger partial charge is 0.458 e. The van der Waals surface area contributed by atoms with E-state index in [9.17, 15) is 57.5 Å². The Bertz CT molecular complexity index is 2160. The molecular formula is C50H62O25. The number of carbonyl (C=O) groups excluding carboxylic acids is 12. The van der Waals surface area contributed by atoms with E-state index in [4.69, 9.17) is 61.6 Å². The fourth-order valence-electron chi connectivity index (χ4n) is 5.29. The fourth-order valence-corrected chi connectivity index (χ4v) is 5.29. The average molecular weight is 1060 g/mol. The lowest BCUT2D eigenvalue weighted by atomic mass is 10.2. The lowest BCUT2D eigenvalue weighted by Gasteiger charge is -2.22. The molecule has 0 unspecified atom stereocenters. The van der Waals surface area contributed by atoms with E-state index in [1.165, 1.54) is 13.8 Å². The Labute approximate surface area is 431 Å². The van der Waals surface area contributed by atoms with Gasteiger partial charge in [0, 0.05) is 0 Å². The third kappa shape index (κ3) is 22.4. The van der Waals surface area contributed by atoms with Gasteiger partial charge in [-0.1, -0.05) is 60.7 Å². The smallest absolute Gasteiger partial charge is 0.347 e. The highest BCUT2D eigenvalue weighted by molar-refractivity contribution is 5.88. The second kappa shape index (κ2) is 30.9. The van der Waals surface area contributed by atoms with Crippen molar-refractivity contribution < 1.29 is 119 Å². The SMILES string of the molecule is C[C@H](OC(=O)[C@H](C)OC(=O)[C@H](C)OC(=O)[C@H](C)OC(=O)[C@H](C)OC(=O)[C@H](C)O[C@@H](C)C(=O)O[C@@H](C)C(=O)O[C@@H](C)C(=O)O[C@@H](C)C(=O)O[C@@H](C)C(=O)O[C@@H](C)C(=O)OCc1ccccc1)C(=O)OCc1ccccc1. The van der Waals surface area contributed by atoms with Crippen molar-refractivity contribution in [1.82, 2.24) is 0 Å². The molecule has 0 aromatic heterocycles. The molecule has 0 amide bonds. The molecule has 0 aliphatic rings. The van der Waals surface area contributed by atoms with Gasteiger partial charge in [-0.3, -0.25) is 0 Å². The van der Waals surface area contributed by atoms with Crippen molar-refractivity contribution >= 4 is 71.6 Å². The first-order valence-electron chi connectivity index (χ1n) is 23.2. The summed E-state index contributed by atoms with van der Waals surface area (Å²) < 4.78 is 65.5. The number of esters is 12. The number of hydrogen-bond donors (Lipinski definition) is 0. The van der Waals surface area contributed by atoms with Crippen molar-refractivity contribution in [3.63, 3.8) is 0 Å². The van der Waals surface area contributed by atoms with Crippen molar-refractivity contribution in [3.8, 4) is 0 Å². The van der Waals surface area contributed by atoms with E-state index >= 15 is 0 Å². The Morgan fingerprint density at radius 1 is 0.253 bits per heavy atom. The molecule has 0 aliphatic carbocycles. The maximum atomic E-state index is 12.7. The summed E-state index contributed by atoms with van der Waals surface area (Å²) >= 11 is 0. The van der Waals surface area contributed by atoms with Gasteiger partial charge in [-0.2, -0.15) is 0 Å². The topological polar surface area (TPSA) is 325 Å². The molecule has 0 N–H and O–H groups in total. The maximum absolute atomic E-state index is 12.7. The van der Waals surface area contributed by atoms with Crippen LogP contribution in [0.5, 0.6) is 0 Å². The lowest BCUT2D eigenvalue weighted by Crippen LogP contribution is -2.40. The average Bonchev–Trinajstić information content (AvgIpc) is 3.36. The van der Waals surface area contributed by atoms with Crippen LogP contribution in [0.2, 0.25) is 0 Å². The third-order valence-electron chi connectivity index (χ3n) is 9.77. The number of hydrogen-bond acceptors (Lipinski definition) is 25. The van der Waals surface area contributed by atoms with Crippen LogP contribution in [0.25, 0.3) is 0 Å². The Hall–Kier alpha value is -7.96. The molecule has 412 valence electrons. The highest BCUT2D eigenvalue weighted by atomic mass is 16.7. The summed E-state index contributed by atoms with van der Waals surface area (Å²) in [7, 11) is 0. The summed E-state index contributed by atoms with van der Waals surface area (Å²) in [5.41, 5.74) is 1.39. The van der Waals surface area contributed by atoms with E-state index in [1.54, 1.807) is 60.7 Å². The van der Waals surface area contributed by atoms with Crippen LogP contribution >= 0.6 is 0 Å². The summed E-state index contributed by atoms with van der Waals surface area (Å²) in [6.07, 6.45) is -18.7. The van der Waals surface area contributed by atoms with E-state index < -0.39 is 145 Å². The molecule has 0 heterocycles. The second-order valence-corrected chi connectivity index (χ2v) is 16.4. The molecule has 2 aromatic rings. The van der Waals surface area contributed by atoms with Gasteiger partial charge >= 0.3 is 71.6 Å². The molecule has 2 aromatic carbocycles. The van der Waals surface area contributed by atoms with Gasteiger partial charge in [0.25, 0.3) is 0 Å². The van der Waals surface area contributed by atoms with Crippen molar-refractivity contribution in [2.75, 3.05) is 0 Å². The van der Waals surface area contributed by atoms with Crippen LogP contribution in [-0.2, 0) is 132 Å². The summed E-state index contributed by atoms with van der Waals surface area (Å²) in [5.74, 6) is -13.6. The molecule has 0 aliphatic heterocycles. The molecular weight excluding hydrogens is 1000 g/mol. The molecule has 0 saturated carbocycles. The van der Waals surface area contributed by atoms with Crippen LogP contribution in [-0.4, -0.2) is 145 Å². The monoisotopic (exact) mass is 1060 g/mol. The first-order chi connectivity index (χ1) is 35.1. The minimum atomic E-state index is -1.66. The van der Waals surface area contributed by atoms with Gasteiger partial charge in [0.2, 0.25) is 0 Å². The van der Waals surface area contributed by atoms with Crippen LogP contribution in [0.4, 0.5) is 0 Å². The third-order valence-corrected chi connectivity index (χ3v) is 9.77. The van der Waals surface area contributed by atoms with Crippen molar-refractivity contribution in [3.05, 3.63) is 71.8 Å². The highest BCUT2D eigenvalue weighted by Crippen LogP contribution is 2.13. The first kappa shape index (κ1) is 63.2. The predicted molar refractivity (Wildman–Crippen MR) is 248 cm³/mol. The van der Waals surface area contributed by atoms with E-state index in [-0.39, 0.29) is 13.2 Å². The van der Waals surface area contributed by atoms with Gasteiger partial charge in [0.15, 0.2) is 73.2 Å². The maximum Gasteiger partial charge on any atom is 0.347 e. The van der Waals surface area contributed by atoms with Gasteiger partial charge in [0.1, 0.15) is 13.2 Å². The van der Waals surface area contributed by atoms with Gasteiger partial charge in [0.05, 0.1) is 0 Å². The van der Waals surface area contributed by atoms with Crippen LogP contribution in [0.1, 0.15) is 94.2 Å². The number of carbonyl (C=O) groups is 12. The summed E-state index contributed by atoms with van der Waals surface area (Å²) in [4.78, 5) is 150. The zero-order valence-electron chi connectivity index (χ0n) is 43.3. The minimum absolute atomic E-state index is 0.0710. The standard InChI is InChI=1S/C50H62O25/c1-25(39(51)63-23-37-19-15-13-16-20-37)66-43(55)29(5)70-47(59)33(9)74-49(61)35(11)72-45(57)31(7)68-41(53)27(3)65-28(4)42(54)69-32(8)46(58)73-36(12)50(62)75-34(10)48(60)71-30(6)44(56)67-26(2)40(52)64-24-38-21-17-14-18-22-38/h13-22,25-36H,23-24H2,1-12H3/t25-,26-,27-,28-,29-,30-,31-,32-,33-,34-,35-,36-/m0/s1. The lowest BCUT2D eigenvalue weighted by molar-refractivity contribution is -0.190. The van der Waals surface area contributed by atoms with Crippen molar-refractivity contribution in [2.45, 2.75) is 170 Å². The van der Waals surface area contributed by atoms with Crippen molar-refractivity contribution in [2.24, 2.45) is 0 Å². The quantitative estimate of drug-likeness (QED) is 0.0873. The van der Waals surface area contributed by atoms with Crippen LogP contribution < -0.4 is 0 Å². The molecule has 2 rings (SSSR count). The zero-order chi connectivity index (χ0) is 56.7. The molecule has 75 heavy (non-hydrogen) atoms. The van der Waals surface area contributed by atoms with Crippen LogP contribution in [0.15, 0.2) is 60.7 Å². The summed E-state index contributed by atoms with van der Waals surface area (Å²) in [5, 5.41) is 0. The van der Waals surface area contributed by atoms with Crippen molar-refractivity contribution in [1.29, 1.82) is 0 Å². The predicted octanol–water partition coefficient (Wildman–Crippen LogP) is 2.58. The fraction of sp³-hybridized carbons (Fsp3) is 0.520. The van der Waals surface area contributed by atoms with Gasteiger partial charge in [-0.05, 0) is 94.2 Å². The van der Waals surface area contributed by atoms with E-state index in [2.05, 4.69) is 0 Å². The second-order valence-electron chi connectivity index (χ2n) is 16.4. The number of ether oxygens (including phenoxy) is 13. The number of benzene rings is 2. The summed E-state index contributed by atoms with van der Waals surface area (Å²) in [6.45, 7) is 13.5. The molecule has 0 radical (unpaired) electrons. The Balaban J connectivity index is 1.73. The zero-order valence-corrected chi connectivity index (χ0v) is 43.3. The van der Waals surface area contributed by atoms with Gasteiger partial charge in [-0.15, -0.1) is 0 Å². The molecule has 25 nitrogen and oxygen atoms in total. The van der Waals surface area contributed by atoms with Gasteiger partial charge in [-0.25, -0.2) is 57.5 Å². The highest BCUT2D eigenvalue weighted by Gasteiger charge is 2.35. The first-order valence-corrected chi connectivity index (χ1v) is 23.2. The molecule has 12 atom stereocenters.